The molecule has 7 heteroatoms. The fourth-order valence-electron chi connectivity index (χ4n) is 1.30. The van der Waals surface area contributed by atoms with Crippen LogP contribution in [0.2, 0.25) is 5.02 Å². The SMILES string of the molecule is Cc1cc(Cl)ccc1NC(=O)CSC[C@H](N)C(=O)O. The molecule has 0 saturated carbocycles. The number of rotatable bonds is 6. The first-order chi connectivity index (χ1) is 8.90. The van der Waals surface area contributed by atoms with Crippen LogP contribution in [0.5, 0.6) is 0 Å². The number of carbonyl (C=O) groups is 2. The summed E-state index contributed by atoms with van der Waals surface area (Å²) in [5.41, 5.74) is 6.89. The van der Waals surface area contributed by atoms with Gasteiger partial charge in [0.05, 0.1) is 5.75 Å². The first-order valence-corrected chi connectivity index (χ1v) is 7.05. The fraction of sp³-hybridized carbons (Fsp3) is 0.333. The summed E-state index contributed by atoms with van der Waals surface area (Å²) in [6.07, 6.45) is 0. The Labute approximate surface area is 120 Å². The minimum absolute atomic E-state index is 0.156. The van der Waals surface area contributed by atoms with Crippen molar-refractivity contribution in [2.75, 3.05) is 16.8 Å². The Morgan fingerprint density at radius 1 is 1.53 bits per heavy atom. The van der Waals surface area contributed by atoms with Gasteiger partial charge in [-0.1, -0.05) is 11.6 Å². The van der Waals surface area contributed by atoms with Gasteiger partial charge in [0.25, 0.3) is 0 Å². The van der Waals surface area contributed by atoms with Gasteiger partial charge >= 0.3 is 5.97 Å². The summed E-state index contributed by atoms with van der Waals surface area (Å²) in [4.78, 5) is 22.1. The van der Waals surface area contributed by atoms with E-state index in [1.54, 1.807) is 18.2 Å². The van der Waals surface area contributed by atoms with Crippen molar-refractivity contribution in [1.82, 2.24) is 0 Å². The fourth-order valence-corrected chi connectivity index (χ4v) is 2.30. The van der Waals surface area contributed by atoms with Crippen molar-refractivity contribution in [3.63, 3.8) is 0 Å². The Morgan fingerprint density at radius 2 is 2.21 bits per heavy atom. The summed E-state index contributed by atoms with van der Waals surface area (Å²) in [6, 6.07) is 4.22. The normalized spacial score (nSPS) is 11.9. The van der Waals surface area contributed by atoms with E-state index in [4.69, 9.17) is 22.4 Å². The van der Waals surface area contributed by atoms with Crippen LogP contribution >= 0.6 is 23.4 Å². The maximum atomic E-state index is 11.6. The number of carbonyl (C=O) groups excluding carboxylic acids is 1. The van der Waals surface area contributed by atoms with E-state index < -0.39 is 12.0 Å². The Hall–Kier alpha value is -1.24. The standard InChI is InChI=1S/C12H15ClN2O3S/c1-7-4-8(13)2-3-10(7)15-11(16)6-19-5-9(14)12(17)18/h2-4,9H,5-6,14H2,1H3,(H,15,16)(H,17,18)/t9-/m0/s1. The topological polar surface area (TPSA) is 92.4 Å². The number of hydrogen-bond acceptors (Lipinski definition) is 4. The molecule has 4 N–H and O–H groups in total. The first-order valence-electron chi connectivity index (χ1n) is 5.52. The second-order valence-corrected chi connectivity index (χ2v) is 5.43. The summed E-state index contributed by atoms with van der Waals surface area (Å²) in [5, 5.41) is 11.9. The van der Waals surface area contributed by atoms with Crippen molar-refractivity contribution < 1.29 is 14.7 Å². The van der Waals surface area contributed by atoms with Crippen LogP contribution in [-0.4, -0.2) is 34.5 Å². The molecule has 0 aliphatic heterocycles. The van der Waals surface area contributed by atoms with E-state index in [1.807, 2.05) is 6.92 Å². The number of nitrogens with one attached hydrogen (secondary N) is 1. The van der Waals surface area contributed by atoms with Crippen molar-refractivity contribution in [1.29, 1.82) is 0 Å². The molecule has 0 aromatic heterocycles. The average Bonchev–Trinajstić information content (AvgIpc) is 2.32. The van der Waals surface area contributed by atoms with E-state index in [-0.39, 0.29) is 17.4 Å². The minimum atomic E-state index is -1.07. The van der Waals surface area contributed by atoms with Crippen molar-refractivity contribution in [2.45, 2.75) is 13.0 Å². The van der Waals surface area contributed by atoms with E-state index in [1.165, 1.54) is 11.8 Å². The highest BCUT2D eigenvalue weighted by atomic mass is 35.5. The van der Waals surface area contributed by atoms with Crippen molar-refractivity contribution in [2.24, 2.45) is 5.73 Å². The third-order valence-electron chi connectivity index (χ3n) is 2.31. The van der Waals surface area contributed by atoms with Gasteiger partial charge < -0.3 is 16.2 Å². The summed E-state index contributed by atoms with van der Waals surface area (Å²) in [7, 11) is 0. The van der Waals surface area contributed by atoms with Gasteiger partial charge in [0.15, 0.2) is 0 Å². The molecule has 0 fully saturated rings. The van der Waals surface area contributed by atoms with E-state index in [9.17, 15) is 9.59 Å². The van der Waals surface area contributed by atoms with Crippen LogP contribution in [0, 0.1) is 6.92 Å². The van der Waals surface area contributed by atoms with E-state index >= 15 is 0 Å². The number of aliphatic carboxylic acids is 1. The molecule has 1 amide bonds. The molecule has 104 valence electrons. The quantitative estimate of drug-likeness (QED) is 0.744. The summed E-state index contributed by atoms with van der Waals surface area (Å²) in [5.74, 6) is -0.916. The van der Waals surface area contributed by atoms with Gasteiger partial charge in [0.2, 0.25) is 5.91 Å². The van der Waals surface area contributed by atoms with E-state index in [2.05, 4.69) is 5.32 Å². The molecule has 0 saturated heterocycles. The molecule has 1 aromatic carbocycles. The monoisotopic (exact) mass is 302 g/mol. The number of anilines is 1. The maximum Gasteiger partial charge on any atom is 0.321 e. The van der Waals surface area contributed by atoms with Crippen LogP contribution in [0.1, 0.15) is 5.56 Å². The number of nitrogens with two attached hydrogens (primary N) is 1. The van der Waals surface area contributed by atoms with Crippen LogP contribution in [0.3, 0.4) is 0 Å². The molecule has 0 radical (unpaired) electrons. The number of carboxylic acids is 1. The van der Waals surface area contributed by atoms with Gasteiger partial charge in [-0.05, 0) is 30.7 Å². The molecule has 0 bridgehead atoms. The van der Waals surface area contributed by atoms with E-state index in [0.29, 0.717) is 10.7 Å². The lowest BCUT2D eigenvalue weighted by Gasteiger charge is -2.09. The third kappa shape index (κ3) is 5.50. The number of halogens is 1. The van der Waals surface area contributed by atoms with Gasteiger partial charge in [-0.2, -0.15) is 0 Å². The van der Waals surface area contributed by atoms with Gasteiger partial charge in [-0.3, -0.25) is 9.59 Å². The summed E-state index contributed by atoms with van der Waals surface area (Å²) >= 11 is 7.00. The lowest BCUT2D eigenvalue weighted by atomic mass is 10.2. The predicted molar refractivity (Wildman–Crippen MR) is 77.8 cm³/mol. The number of hydrogen-bond donors (Lipinski definition) is 3. The predicted octanol–water partition coefficient (Wildman–Crippen LogP) is 1.73. The van der Waals surface area contributed by atoms with Crippen LogP contribution in [-0.2, 0) is 9.59 Å². The highest BCUT2D eigenvalue weighted by molar-refractivity contribution is 8.00. The van der Waals surface area contributed by atoms with Gasteiger partial charge in [0, 0.05) is 16.5 Å². The molecular formula is C12H15ClN2O3S. The second-order valence-electron chi connectivity index (χ2n) is 3.97. The largest absolute Gasteiger partial charge is 0.480 e. The zero-order valence-electron chi connectivity index (χ0n) is 10.4. The zero-order valence-corrected chi connectivity index (χ0v) is 11.9. The van der Waals surface area contributed by atoms with Crippen LogP contribution in [0.25, 0.3) is 0 Å². The number of thioether (sulfide) groups is 1. The molecular weight excluding hydrogens is 288 g/mol. The third-order valence-corrected chi connectivity index (χ3v) is 3.61. The van der Waals surface area contributed by atoms with Crippen molar-refractivity contribution in [3.8, 4) is 0 Å². The van der Waals surface area contributed by atoms with Crippen molar-refractivity contribution in [3.05, 3.63) is 28.8 Å². The molecule has 0 spiro atoms. The maximum absolute atomic E-state index is 11.6. The highest BCUT2D eigenvalue weighted by Gasteiger charge is 2.12. The molecule has 1 rings (SSSR count). The highest BCUT2D eigenvalue weighted by Crippen LogP contribution is 2.19. The second kappa shape index (κ2) is 7.37. The zero-order chi connectivity index (χ0) is 14.4. The molecule has 0 heterocycles. The van der Waals surface area contributed by atoms with Crippen LogP contribution < -0.4 is 11.1 Å². The number of benzene rings is 1. The van der Waals surface area contributed by atoms with Gasteiger partial charge in [-0.25, -0.2) is 0 Å². The van der Waals surface area contributed by atoms with Crippen LogP contribution in [0.4, 0.5) is 5.69 Å². The molecule has 1 atom stereocenters. The Kier molecular flexibility index (Phi) is 6.14. The average molecular weight is 303 g/mol. The smallest absolute Gasteiger partial charge is 0.321 e. The number of amides is 1. The van der Waals surface area contributed by atoms with Gasteiger partial charge in [0.1, 0.15) is 6.04 Å². The van der Waals surface area contributed by atoms with Crippen molar-refractivity contribution >= 4 is 40.9 Å². The summed E-state index contributed by atoms with van der Waals surface area (Å²) < 4.78 is 0. The number of aryl methyl sites for hydroxylation is 1. The Balaban J connectivity index is 2.41. The molecule has 0 aliphatic rings. The first kappa shape index (κ1) is 15.8. The number of carboxylic acid groups (broad SMARTS) is 1. The molecule has 5 nitrogen and oxygen atoms in total. The Morgan fingerprint density at radius 3 is 2.79 bits per heavy atom. The Bertz CT molecular complexity index is 482. The molecule has 0 unspecified atom stereocenters. The van der Waals surface area contributed by atoms with Gasteiger partial charge in [-0.15, -0.1) is 11.8 Å². The molecule has 19 heavy (non-hydrogen) atoms. The van der Waals surface area contributed by atoms with E-state index in [0.717, 1.165) is 5.56 Å². The summed E-state index contributed by atoms with van der Waals surface area (Å²) in [6.45, 7) is 1.84. The van der Waals surface area contributed by atoms with Crippen LogP contribution in [0.15, 0.2) is 18.2 Å². The molecule has 0 aliphatic carbocycles. The lowest BCUT2D eigenvalue weighted by Crippen LogP contribution is -2.33. The minimum Gasteiger partial charge on any atom is -0.480 e. The lowest BCUT2D eigenvalue weighted by molar-refractivity contribution is -0.137. The molecule has 1 aromatic rings.